The highest BCUT2D eigenvalue weighted by Crippen LogP contribution is 2.26. The van der Waals surface area contributed by atoms with E-state index in [1.807, 2.05) is 0 Å². The van der Waals surface area contributed by atoms with Crippen LogP contribution in [0.25, 0.3) is 0 Å². The lowest BCUT2D eigenvalue weighted by atomic mass is 10.1. The molecule has 2 heteroatoms. The first-order valence-corrected chi connectivity index (χ1v) is 3.85. The number of ether oxygens (including phenoxy) is 1. The molecule has 1 saturated carbocycles. The third-order valence-electron chi connectivity index (χ3n) is 1.98. The average molecular weight is 142 g/mol. The SMILES string of the molecule is CC(=O)O[C@H]1CC[C@H](C)C1. The molecule has 0 aromatic rings. The number of hydrogen-bond donors (Lipinski definition) is 0. The van der Waals surface area contributed by atoms with Crippen molar-refractivity contribution in [1.29, 1.82) is 0 Å². The van der Waals surface area contributed by atoms with Gasteiger partial charge in [0.25, 0.3) is 0 Å². The fourth-order valence-electron chi connectivity index (χ4n) is 1.50. The van der Waals surface area contributed by atoms with Gasteiger partial charge in [-0.25, -0.2) is 0 Å². The lowest BCUT2D eigenvalue weighted by molar-refractivity contribution is -0.146. The van der Waals surface area contributed by atoms with Crippen LogP contribution < -0.4 is 0 Å². The van der Waals surface area contributed by atoms with E-state index in [-0.39, 0.29) is 12.1 Å². The summed E-state index contributed by atoms with van der Waals surface area (Å²) in [5.74, 6) is 0.600. The first kappa shape index (κ1) is 7.58. The molecule has 0 aliphatic heterocycles. The topological polar surface area (TPSA) is 26.3 Å². The fourth-order valence-corrected chi connectivity index (χ4v) is 1.50. The molecule has 2 nitrogen and oxygen atoms in total. The van der Waals surface area contributed by atoms with E-state index in [1.165, 1.54) is 13.3 Å². The maximum Gasteiger partial charge on any atom is 0.302 e. The predicted molar refractivity (Wildman–Crippen MR) is 38.6 cm³/mol. The molecule has 0 spiro atoms. The Morgan fingerprint density at radius 2 is 2.20 bits per heavy atom. The fraction of sp³-hybridized carbons (Fsp3) is 0.875. The minimum atomic E-state index is -0.140. The third-order valence-corrected chi connectivity index (χ3v) is 1.98. The summed E-state index contributed by atoms with van der Waals surface area (Å²) in [6, 6.07) is 0. The van der Waals surface area contributed by atoms with Crippen LogP contribution in [-0.4, -0.2) is 12.1 Å². The predicted octanol–water partition coefficient (Wildman–Crippen LogP) is 1.74. The van der Waals surface area contributed by atoms with Crippen LogP contribution in [0, 0.1) is 5.92 Å². The Hall–Kier alpha value is -0.530. The van der Waals surface area contributed by atoms with Crippen molar-refractivity contribution >= 4 is 5.97 Å². The standard InChI is InChI=1S/C8H14O2/c1-6-3-4-8(5-6)10-7(2)9/h6,8H,3-5H2,1-2H3/t6-,8-/m0/s1. The summed E-state index contributed by atoms with van der Waals surface area (Å²) >= 11 is 0. The summed E-state index contributed by atoms with van der Waals surface area (Å²) in [5, 5.41) is 0. The molecule has 58 valence electrons. The molecule has 0 aromatic heterocycles. The summed E-state index contributed by atoms with van der Waals surface area (Å²) in [6.45, 7) is 3.67. The monoisotopic (exact) mass is 142 g/mol. The highest BCUT2D eigenvalue weighted by atomic mass is 16.5. The highest BCUT2D eigenvalue weighted by molar-refractivity contribution is 5.66. The minimum absolute atomic E-state index is 0.140. The smallest absolute Gasteiger partial charge is 0.302 e. The number of carbonyl (C=O) groups is 1. The molecule has 0 bridgehead atoms. The van der Waals surface area contributed by atoms with Crippen LogP contribution >= 0.6 is 0 Å². The zero-order valence-corrected chi connectivity index (χ0v) is 6.59. The first-order chi connectivity index (χ1) is 4.68. The van der Waals surface area contributed by atoms with Crippen LogP contribution in [0.15, 0.2) is 0 Å². The molecule has 2 atom stereocenters. The van der Waals surface area contributed by atoms with E-state index in [1.54, 1.807) is 0 Å². The molecule has 10 heavy (non-hydrogen) atoms. The second kappa shape index (κ2) is 3.04. The Morgan fingerprint density at radius 1 is 1.50 bits per heavy atom. The Morgan fingerprint density at radius 3 is 2.60 bits per heavy atom. The Balaban J connectivity index is 2.24. The van der Waals surface area contributed by atoms with E-state index in [4.69, 9.17) is 4.74 Å². The van der Waals surface area contributed by atoms with Gasteiger partial charge in [-0.2, -0.15) is 0 Å². The number of rotatable bonds is 1. The second-order valence-corrected chi connectivity index (χ2v) is 3.15. The van der Waals surface area contributed by atoms with Crippen LogP contribution in [0.3, 0.4) is 0 Å². The van der Waals surface area contributed by atoms with Gasteiger partial charge in [0, 0.05) is 6.92 Å². The van der Waals surface area contributed by atoms with E-state index in [0.29, 0.717) is 0 Å². The molecule has 1 aliphatic rings. The van der Waals surface area contributed by atoms with Gasteiger partial charge in [-0.1, -0.05) is 6.92 Å². The van der Waals surface area contributed by atoms with Crippen LogP contribution in [0.5, 0.6) is 0 Å². The van der Waals surface area contributed by atoms with Gasteiger partial charge in [-0.15, -0.1) is 0 Å². The third kappa shape index (κ3) is 2.01. The van der Waals surface area contributed by atoms with Crippen molar-refractivity contribution in [3.8, 4) is 0 Å². The van der Waals surface area contributed by atoms with Gasteiger partial charge in [0.1, 0.15) is 6.10 Å². The van der Waals surface area contributed by atoms with E-state index < -0.39 is 0 Å². The van der Waals surface area contributed by atoms with Gasteiger partial charge in [0.15, 0.2) is 0 Å². The van der Waals surface area contributed by atoms with Crippen LogP contribution in [0.1, 0.15) is 33.1 Å². The van der Waals surface area contributed by atoms with E-state index in [0.717, 1.165) is 18.8 Å². The van der Waals surface area contributed by atoms with E-state index in [2.05, 4.69) is 6.92 Å². The molecule has 0 aromatic carbocycles. The maximum absolute atomic E-state index is 10.5. The Bertz CT molecular complexity index is 131. The number of esters is 1. The van der Waals surface area contributed by atoms with Gasteiger partial charge in [-0.3, -0.25) is 4.79 Å². The molecule has 0 amide bonds. The summed E-state index contributed by atoms with van der Waals surface area (Å²) in [5.41, 5.74) is 0. The number of carbonyl (C=O) groups excluding carboxylic acids is 1. The van der Waals surface area contributed by atoms with Gasteiger partial charge in [0.2, 0.25) is 0 Å². The van der Waals surface area contributed by atoms with Crippen molar-refractivity contribution in [2.75, 3.05) is 0 Å². The van der Waals surface area contributed by atoms with Gasteiger partial charge in [-0.05, 0) is 25.2 Å². The first-order valence-electron chi connectivity index (χ1n) is 3.85. The van der Waals surface area contributed by atoms with Crippen molar-refractivity contribution in [3.05, 3.63) is 0 Å². The van der Waals surface area contributed by atoms with Crippen molar-refractivity contribution in [1.82, 2.24) is 0 Å². The second-order valence-electron chi connectivity index (χ2n) is 3.15. The Kier molecular flexibility index (Phi) is 2.30. The van der Waals surface area contributed by atoms with Crippen LogP contribution in [0.4, 0.5) is 0 Å². The molecule has 1 aliphatic carbocycles. The maximum atomic E-state index is 10.5. The molecule has 0 unspecified atom stereocenters. The quantitative estimate of drug-likeness (QED) is 0.521. The average Bonchev–Trinajstić information content (AvgIpc) is 2.13. The van der Waals surface area contributed by atoms with E-state index in [9.17, 15) is 4.79 Å². The Labute approximate surface area is 61.6 Å². The van der Waals surface area contributed by atoms with Crippen molar-refractivity contribution in [2.45, 2.75) is 39.2 Å². The van der Waals surface area contributed by atoms with Crippen molar-refractivity contribution in [2.24, 2.45) is 5.92 Å². The molecule has 0 saturated heterocycles. The normalized spacial score (nSPS) is 32.2. The summed E-state index contributed by atoms with van der Waals surface area (Å²) in [6.07, 6.45) is 3.53. The summed E-state index contributed by atoms with van der Waals surface area (Å²) in [7, 11) is 0. The lowest BCUT2D eigenvalue weighted by Gasteiger charge is -2.08. The molecule has 1 fully saturated rings. The van der Waals surface area contributed by atoms with Gasteiger partial charge >= 0.3 is 5.97 Å². The number of hydrogen-bond acceptors (Lipinski definition) is 2. The zero-order valence-electron chi connectivity index (χ0n) is 6.59. The summed E-state index contributed by atoms with van der Waals surface area (Å²) < 4.78 is 5.04. The molecule has 0 N–H and O–H groups in total. The lowest BCUT2D eigenvalue weighted by Crippen LogP contribution is -2.11. The van der Waals surface area contributed by atoms with E-state index >= 15 is 0 Å². The molecular formula is C8H14O2. The van der Waals surface area contributed by atoms with Crippen molar-refractivity contribution < 1.29 is 9.53 Å². The molecule has 0 heterocycles. The molecule has 0 radical (unpaired) electrons. The van der Waals surface area contributed by atoms with Gasteiger partial charge < -0.3 is 4.74 Å². The molecular weight excluding hydrogens is 128 g/mol. The highest BCUT2D eigenvalue weighted by Gasteiger charge is 2.22. The largest absolute Gasteiger partial charge is 0.463 e. The van der Waals surface area contributed by atoms with Crippen LogP contribution in [-0.2, 0) is 9.53 Å². The minimum Gasteiger partial charge on any atom is -0.463 e. The van der Waals surface area contributed by atoms with Gasteiger partial charge in [0.05, 0.1) is 0 Å². The van der Waals surface area contributed by atoms with Crippen molar-refractivity contribution in [3.63, 3.8) is 0 Å². The summed E-state index contributed by atoms with van der Waals surface area (Å²) in [4.78, 5) is 10.5. The molecule has 1 rings (SSSR count). The van der Waals surface area contributed by atoms with Crippen LogP contribution in [0.2, 0.25) is 0 Å². The zero-order chi connectivity index (χ0) is 7.56.